The number of phenols is 1. The van der Waals surface area contributed by atoms with E-state index in [0.29, 0.717) is 15.7 Å². The molecule has 2 aliphatic carbocycles. The van der Waals surface area contributed by atoms with Crippen LogP contribution < -0.4 is 9.64 Å². The number of halogens is 3. The minimum atomic E-state index is -2.01. The molecule has 2 heterocycles. The number of hydrogen-bond donors (Lipinski definition) is 1. The summed E-state index contributed by atoms with van der Waals surface area (Å²) in [6.45, 7) is 3.74. The predicted octanol–water partition coefficient (Wildman–Crippen LogP) is 5.00. The molecule has 41 heavy (non-hydrogen) atoms. The van der Waals surface area contributed by atoms with Gasteiger partial charge in [0.1, 0.15) is 0 Å². The number of allylic oxidation sites excluding steroid dienone is 2. The van der Waals surface area contributed by atoms with Crippen LogP contribution in [0.2, 0.25) is 0 Å². The largest absolute Gasteiger partial charge is 0.504 e. The number of rotatable bonds is 4. The SMILES string of the molecule is C=Cc1ccc(N2C(=O)C3CC=C4C(CC5(Cl)C(=O)N(C)C(=O)C5(Cl)C4c4cc(Br)cc(OC)c4O)C3C2=O)cc1. The number of methoxy groups -OCH3 is 1. The van der Waals surface area contributed by atoms with Crippen LogP contribution in [-0.2, 0) is 19.2 Å². The molecule has 0 aromatic heterocycles. The van der Waals surface area contributed by atoms with Crippen molar-refractivity contribution in [3.8, 4) is 11.5 Å². The topological polar surface area (TPSA) is 104 Å². The molecule has 6 atom stereocenters. The number of fused-ring (bicyclic) bond motifs is 4. The highest BCUT2D eigenvalue weighted by molar-refractivity contribution is 9.10. The highest BCUT2D eigenvalue weighted by Gasteiger charge is 2.76. The second-order valence-corrected chi connectivity index (χ2v) is 13.0. The number of ether oxygens (including phenoxy) is 1. The van der Waals surface area contributed by atoms with Gasteiger partial charge in [-0.1, -0.05) is 52.4 Å². The molecule has 2 aliphatic heterocycles. The highest BCUT2D eigenvalue weighted by Crippen LogP contribution is 2.66. The smallest absolute Gasteiger partial charge is 0.253 e. The number of anilines is 1. The van der Waals surface area contributed by atoms with Gasteiger partial charge in [0.05, 0.1) is 24.6 Å². The van der Waals surface area contributed by atoms with E-state index in [1.54, 1.807) is 42.5 Å². The van der Waals surface area contributed by atoms with E-state index in [9.17, 15) is 24.3 Å². The number of nitrogens with zero attached hydrogens (tertiary/aromatic N) is 2. The Kier molecular flexibility index (Phi) is 6.45. The summed E-state index contributed by atoms with van der Waals surface area (Å²) >= 11 is 17.8. The summed E-state index contributed by atoms with van der Waals surface area (Å²) in [7, 11) is 2.70. The van der Waals surface area contributed by atoms with Gasteiger partial charge in [0, 0.05) is 23.0 Å². The Morgan fingerprint density at radius 2 is 1.76 bits per heavy atom. The lowest BCUT2D eigenvalue weighted by atomic mass is 9.56. The fourth-order valence-corrected chi connectivity index (χ4v) is 8.54. The standard InChI is InChI=1S/C30H25BrCl2N2O6/c1-4-14-5-7-16(8-6-14)35-25(37)18-10-9-17-20(22(18)26(35)38)13-29(32)27(39)34(2)28(40)30(29,33)23(17)19-11-15(31)12-21(41-3)24(19)36/h4-9,11-12,18,20,22-23,36H,1,10,13H2,2-3H3. The Morgan fingerprint density at radius 1 is 1.07 bits per heavy atom. The third-order valence-electron chi connectivity index (χ3n) is 9.00. The van der Waals surface area contributed by atoms with Crippen LogP contribution in [0.15, 0.2) is 59.1 Å². The zero-order chi connectivity index (χ0) is 29.6. The molecule has 1 N–H and O–H groups in total. The molecule has 3 fully saturated rings. The first kappa shape index (κ1) is 28.0. The van der Waals surface area contributed by atoms with Gasteiger partial charge in [0.25, 0.3) is 11.8 Å². The molecule has 2 saturated heterocycles. The van der Waals surface area contributed by atoms with Crippen molar-refractivity contribution >= 4 is 74.5 Å². The van der Waals surface area contributed by atoms with Crippen LogP contribution in [-0.4, -0.2) is 57.5 Å². The third kappa shape index (κ3) is 3.58. The van der Waals surface area contributed by atoms with Crippen molar-refractivity contribution in [3.05, 3.63) is 70.2 Å². The van der Waals surface area contributed by atoms with Crippen LogP contribution in [0.5, 0.6) is 11.5 Å². The summed E-state index contributed by atoms with van der Waals surface area (Å²) in [4.78, 5) is 53.2. The van der Waals surface area contributed by atoms with Gasteiger partial charge in [-0.15, -0.1) is 23.2 Å². The van der Waals surface area contributed by atoms with Crippen molar-refractivity contribution in [2.45, 2.75) is 28.5 Å². The number of carbonyl (C=O) groups is 4. The zero-order valence-electron chi connectivity index (χ0n) is 22.1. The lowest BCUT2D eigenvalue weighted by Crippen LogP contribution is -2.60. The van der Waals surface area contributed by atoms with Crippen molar-refractivity contribution in [1.29, 1.82) is 0 Å². The molecule has 2 aromatic rings. The minimum Gasteiger partial charge on any atom is -0.504 e. The molecule has 6 unspecified atom stereocenters. The lowest BCUT2D eigenvalue weighted by Gasteiger charge is -2.50. The van der Waals surface area contributed by atoms with Crippen molar-refractivity contribution < 1.29 is 29.0 Å². The first-order chi connectivity index (χ1) is 19.4. The number of amides is 4. The van der Waals surface area contributed by atoms with Crippen LogP contribution in [0.3, 0.4) is 0 Å². The van der Waals surface area contributed by atoms with Gasteiger partial charge < -0.3 is 9.84 Å². The molecule has 0 spiro atoms. The quantitative estimate of drug-likeness (QED) is 0.282. The Labute approximate surface area is 254 Å². The Bertz CT molecular complexity index is 1590. The Morgan fingerprint density at radius 3 is 2.39 bits per heavy atom. The van der Waals surface area contributed by atoms with Crippen molar-refractivity contribution in [3.63, 3.8) is 0 Å². The number of hydrogen-bond acceptors (Lipinski definition) is 6. The lowest BCUT2D eigenvalue weighted by molar-refractivity contribution is -0.138. The van der Waals surface area contributed by atoms with Gasteiger partial charge in [-0.3, -0.25) is 29.0 Å². The number of imide groups is 2. The van der Waals surface area contributed by atoms with E-state index in [0.717, 1.165) is 10.5 Å². The number of alkyl halides is 2. The van der Waals surface area contributed by atoms with Gasteiger partial charge >= 0.3 is 0 Å². The molecule has 4 amide bonds. The monoisotopic (exact) mass is 658 g/mol. The molecule has 8 nitrogen and oxygen atoms in total. The maximum atomic E-state index is 14.1. The number of likely N-dealkylation sites (tertiary alicyclic amines) is 1. The molecule has 11 heteroatoms. The summed E-state index contributed by atoms with van der Waals surface area (Å²) in [5.41, 5.74) is 2.07. The number of benzene rings is 2. The van der Waals surface area contributed by atoms with Crippen LogP contribution in [0, 0.1) is 17.8 Å². The fourth-order valence-electron chi connectivity index (χ4n) is 7.07. The minimum absolute atomic E-state index is 0.123. The molecule has 4 aliphatic rings. The van der Waals surface area contributed by atoms with Crippen LogP contribution in [0.4, 0.5) is 5.69 Å². The normalized spacial score (nSPS) is 32.5. The van der Waals surface area contributed by atoms with E-state index >= 15 is 0 Å². The molecule has 6 rings (SSSR count). The number of phenolic OH excluding ortho intramolecular Hbond substituents is 1. The van der Waals surface area contributed by atoms with Crippen LogP contribution in [0.25, 0.3) is 6.08 Å². The number of carbonyl (C=O) groups excluding carboxylic acids is 4. The second-order valence-electron chi connectivity index (χ2n) is 10.9. The molecule has 212 valence electrons. The van der Waals surface area contributed by atoms with Gasteiger partial charge in [-0.05, 0) is 48.6 Å². The maximum Gasteiger partial charge on any atom is 0.253 e. The van der Waals surface area contributed by atoms with E-state index in [-0.39, 0.29) is 35.8 Å². The average molecular weight is 660 g/mol. The summed E-state index contributed by atoms with van der Waals surface area (Å²) in [5.74, 6) is -5.63. The van der Waals surface area contributed by atoms with Crippen molar-refractivity contribution in [2.24, 2.45) is 17.8 Å². The van der Waals surface area contributed by atoms with Gasteiger partial charge in [-0.25, -0.2) is 0 Å². The molecular formula is C30H25BrCl2N2O6. The van der Waals surface area contributed by atoms with E-state index in [4.69, 9.17) is 27.9 Å². The molecule has 0 bridgehead atoms. The average Bonchev–Trinajstić information content (AvgIpc) is 3.29. The van der Waals surface area contributed by atoms with Crippen LogP contribution in [0.1, 0.15) is 29.9 Å². The van der Waals surface area contributed by atoms with Crippen LogP contribution >= 0.6 is 39.1 Å². The third-order valence-corrected chi connectivity index (χ3v) is 10.9. The summed E-state index contributed by atoms with van der Waals surface area (Å²) in [6, 6.07) is 10.1. The fraction of sp³-hybridized carbons (Fsp3) is 0.333. The summed E-state index contributed by atoms with van der Waals surface area (Å²) < 4.78 is 5.90. The molecule has 1 saturated carbocycles. The van der Waals surface area contributed by atoms with Gasteiger partial charge in [0.15, 0.2) is 21.2 Å². The first-order valence-corrected chi connectivity index (χ1v) is 14.5. The molecule has 2 aromatic carbocycles. The van der Waals surface area contributed by atoms with Gasteiger partial charge in [0.2, 0.25) is 11.8 Å². The Hall–Kier alpha value is -3.14. The zero-order valence-corrected chi connectivity index (χ0v) is 25.2. The predicted molar refractivity (Wildman–Crippen MR) is 157 cm³/mol. The highest BCUT2D eigenvalue weighted by atomic mass is 79.9. The van der Waals surface area contributed by atoms with E-state index in [1.807, 2.05) is 6.08 Å². The second kappa shape index (κ2) is 9.44. The molecule has 0 radical (unpaired) electrons. The number of aromatic hydroxyl groups is 1. The summed E-state index contributed by atoms with van der Waals surface area (Å²) in [6.07, 6.45) is 3.56. The van der Waals surface area contributed by atoms with E-state index in [2.05, 4.69) is 22.5 Å². The Balaban J connectivity index is 1.53. The summed E-state index contributed by atoms with van der Waals surface area (Å²) in [5, 5.41) is 11.3. The van der Waals surface area contributed by atoms with E-state index in [1.165, 1.54) is 19.1 Å². The van der Waals surface area contributed by atoms with Crippen molar-refractivity contribution in [2.75, 3.05) is 19.1 Å². The van der Waals surface area contributed by atoms with E-state index < -0.39 is 51.1 Å². The maximum absolute atomic E-state index is 14.1. The first-order valence-electron chi connectivity index (χ1n) is 13.0. The van der Waals surface area contributed by atoms with Gasteiger partial charge in [-0.2, -0.15) is 0 Å². The van der Waals surface area contributed by atoms with Crippen molar-refractivity contribution in [1.82, 2.24) is 4.90 Å². The molecular weight excluding hydrogens is 635 g/mol.